The van der Waals surface area contributed by atoms with E-state index in [-0.39, 0.29) is 0 Å². The second-order valence-electron chi connectivity index (χ2n) is 8.93. The molecule has 0 atom stereocenters. The Kier molecular flexibility index (Phi) is 6.91. The molecule has 38 heavy (non-hydrogen) atoms. The van der Waals surface area contributed by atoms with Crippen molar-refractivity contribution < 1.29 is 19.4 Å². The number of methoxy groups -OCH3 is 1. The van der Waals surface area contributed by atoms with Crippen LogP contribution in [0.5, 0.6) is 0 Å². The number of thiazole rings is 1. The highest BCUT2D eigenvalue weighted by Crippen LogP contribution is 2.39. The molecule has 1 aromatic carbocycles. The Morgan fingerprint density at radius 3 is 2.47 bits per heavy atom. The van der Waals surface area contributed by atoms with Crippen molar-refractivity contribution in [2.75, 3.05) is 36.5 Å². The fourth-order valence-corrected chi connectivity index (χ4v) is 5.75. The SMILES string of the molecule is CCN(C(N)=O)c1nc2cc(-c3cnc(N4CCC(OC)(C(=O)O)CC4)nc3)cc(-c3ccccn3)c2s1. The third-order valence-electron chi connectivity index (χ3n) is 6.84. The summed E-state index contributed by atoms with van der Waals surface area (Å²) < 4.78 is 6.21. The average Bonchev–Trinajstić information content (AvgIpc) is 3.37. The van der Waals surface area contributed by atoms with E-state index in [4.69, 9.17) is 15.5 Å². The van der Waals surface area contributed by atoms with Gasteiger partial charge < -0.3 is 20.5 Å². The van der Waals surface area contributed by atoms with E-state index in [9.17, 15) is 14.7 Å². The highest BCUT2D eigenvalue weighted by atomic mass is 32.1. The average molecular weight is 534 g/mol. The van der Waals surface area contributed by atoms with Crippen molar-refractivity contribution in [2.45, 2.75) is 25.4 Å². The highest BCUT2D eigenvalue weighted by Gasteiger charge is 2.42. The maximum atomic E-state index is 11.9. The maximum Gasteiger partial charge on any atom is 0.336 e. The first-order valence-corrected chi connectivity index (χ1v) is 13.0. The predicted molar refractivity (Wildman–Crippen MR) is 145 cm³/mol. The zero-order chi connectivity index (χ0) is 26.9. The lowest BCUT2D eigenvalue weighted by Crippen LogP contribution is -2.51. The van der Waals surface area contributed by atoms with E-state index in [1.54, 1.807) is 18.6 Å². The van der Waals surface area contributed by atoms with Gasteiger partial charge in [-0.25, -0.2) is 24.5 Å². The molecule has 4 aromatic rings. The van der Waals surface area contributed by atoms with Gasteiger partial charge in [-0.05, 0) is 36.8 Å². The molecule has 1 aliphatic heterocycles. The van der Waals surface area contributed by atoms with Crippen molar-refractivity contribution in [3.63, 3.8) is 0 Å². The molecule has 0 unspecified atom stereocenters. The molecule has 5 rings (SSSR count). The number of ether oxygens (including phenoxy) is 1. The third kappa shape index (κ3) is 4.63. The summed E-state index contributed by atoms with van der Waals surface area (Å²) in [4.78, 5) is 45.4. The number of amides is 2. The second kappa shape index (κ2) is 10.3. The Balaban J connectivity index is 1.49. The van der Waals surface area contributed by atoms with Crippen molar-refractivity contribution in [2.24, 2.45) is 5.73 Å². The molecule has 3 aromatic heterocycles. The zero-order valence-electron chi connectivity index (χ0n) is 21.0. The van der Waals surface area contributed by atoms with Crippen LogP contribution in [0.4, 0.5) is 15.9 Å². The van der Waals surface area contributed by atoms with Gasteiger partial charge in [-0.15, -0.1) is 0 Å². The van der Waals surface area contributed by atoms with Crippen molar-refractivity contribution >= 4 is 44.6 Å². The van der Waals surface area contributed by atoms with Crippen LogP contribution in [0.2, 0.25) is 0 Å². The first-order valence-electron chi connectivity index (χ1n) is 12.1. The number of aliphatic carboxylic acids is 1. The van der Waals surface area contributed by atoms with E-state index in [1.165, 1.54) is 23.3 Å². The molecule has 4 heterocycles. The summed E-state index contributed by atoms with van der Waals surface area (Å²) in [5, 5.41) is 10.1. The number of fused-ring (bicyclic) bond motifs is 1. The molecule has 0 aliphatic carbocycles. The first kappa shape index (κ1) is 25.5. The summed E-state index contributed by atoms with van der Waals surface area (Å²) in [6.45, 7) is 3.21. The summed E-state index contributed by atoms with van der Waals surface area (Å²) in [6.07, 6.45) is 5.92. The quantitative estimate of drug-likeness (QED) is 0.362. The smallest absolute Gasteiger partial charge is 0.336 e. The monoisotopic (exact) mass is 533 g/mol. The molecule has 1 aliphatic rings. The third-order valence-corrected chi connectivity index (χ3v) is 7.97. The number of carbonyl (C=O) groups is 2. The van der Waals surface area contributed by atoms with Crippen LogP contribution >= 0.6 is 11.3 Å². The molecule has 2 amide bonds. The number of pyridine rings is 1. The molecule has 11 nitrogen and oxygen atoms in total. The second-order valence-corrected chi connectivity index (χ2v) is 9.91. The minimum Gasteiger partial charge on any atom is -0.479 e. The summed E-state index contributed by atoms with van der Waals surface area (Å²) >= 11 is 1.39. The molecule has 0 spiro atoms. The van der Waals surface area contributed by atoms with Gasteiger partial charge in [-0.3, -0.25) is 9.88 Å². The number of carbonyl (C=O) groups excluding carboxylic acids is 1. The van der Waals surface area contributed by atoms with Crippen LogP contribution in [0.1, 0.15) is 19.8 Å². The fourth-order valence-electron chi connectivity index (χ4n) is 4.61. The Bertz CT molecular complexity index is 1470. The Labute approximate surface area is 222 Å². The number of benzene rings is 1. The number of anilines is 2. The zero-order valence-corrected chi connectivity index (χ0v) is 21.8. The Morgan fingerprint density at radius 1 is 1.16 bits per heavy atom. The van der Waals surface area contributed by atoms with E-state index < -0.39 is 17.6 Å². The molecule has 0 bridgehead atoms. The van der Waals surface area contributed by atoms with Crippen LogP contribution in [-0.2, 0) is 9.53 Å². The number of hydrogen-bond acceptors (Lipinski definition) is 9. The van der Waals surface area contributed by atoms with Gasteiger partial charge in [0.25, 0.3) is 0 Å². The van der Waals surface area contributed by atoms with Crippen molar-refractivity contribution in [3.05, 3.63) is 48.9 Å². The number of nitrogens with zero attached hydrogens (tertiary/aromatic N) is 6. The molecular formula is C26H27N7O4S. The van der Waals surface area contributed by atoms with Crippen LogP contribution in [0.15, 0.2) is 48.9 Å². The number of urea groups is 1. The van der Waals surface area contributed by atoms with Gasteiger partial charge >= 0.3 is 12.0 Å². The molecule has 1 fully saturated rings. The van der Waals surface area contributed by atoms with E-state index in [0.29, 0.717) is 49.1 Å². The van der Waals surface area contributed by atoms with Crippen LogP contribution in [0.25, 0.3) is 32.6 Å². The number of aromatic nitrogens is 4. The molecule has 12 heteroatoms. The van der Waals surface area contributed by atoms with Gasteiger partial charge in [0.05, 0.1) is 15.9 Å². The Hall–Kier alpha value is -4.16. The Morgan fingerprint density at radius 2 is 1.89 bits per heavy atom. The minimum absolute atomic E-state index is 0.348. The van der Waals surface area contributed by atoms with Gasteiger partial charge in [-0.2, -0.15) is 0 Å². The molecule has 0 radical (unpaired) electrons. The summed E-state index contributed by atoms with van der Waals surface area (Å²) in [6, 6.07) is 9.11. The van der Waals surface area contributed by atoms with Crippen LogP contribution in [-0.4, -0.2) is 69.4 Å². The van der Waals surface area contributed by atoms with Gasteiger partial charge in [0.2, 0.25) is 5.95 Å². The van der Waals surface area contributed by atoms with E-state index in [1.807, 2.05) is 42.2 Å². The van der Waals surface area contributed by atoms with E-state index in [2.05, 4.69) is 15.0 Å². The number of primary amides is 1. The van der Waals surface area contributed by atoms with E-state index in [0.717, 1.165) is 27.1 Å². The number of carboxylic acids is 1. The number of piperidine rings is 1. The lowest BCUT2D eigenvalue weighted by Gasteiger charge is -2.37. The van der Waals surface area contributed by atoms with E-state index >= 15 is 0 Å². The summed E-state index contributed by atoms with van der Waals surface area (Å²) in [7, 11) is 1.43. The maximum absolute atomic E-state index is 11.9. The number of hydrogen-bond donors (Lipinski definition) is 2. The van der Waals surface area contributed by atoms with Gasteiger partial charge in [0.1, 0.15) is 0 Å². The molecular weight excluding hydrogens is 506 g/mol. The fraction of sp³-hybridized carbons (Fsp3) is 0.308. The molecule has 196 valence electrons. The number of carboxylic acid groups (broad SMARTS) is 1. The number of rotatable bonds is 7. The largest absolute Gasteiger partial charge is 0.479 e. The predicted octanol–water partition coefficient (Wildman–Crippen LogP) is 3.79. The normalized spacial score (nSPS) is 14.9. The molecule has 0 saturated carbocycles. The van der Waals surface area contributed by atoms with Crippen LogP contribution in [0.3, 0.4) is 0 Å². The van der Waals surface area contributed by atoms with Crippen molar-refractivity contribution in [1.82, 2.24) is 19.9 Å². The van der Waals surface area contributed by atoms with Gasteiger partial charge in [0.15, 0.2) is 10.7 Å². The summed E-state index contributed by atoms with van der Waals surface area (Å²) in [5.74, 6) is -0.413. The lowest BCUT2D eigenvalue weighted by molar-refractivity contribution is -0.164. The highest BCUT2D eigenvalue weighted by molar-refractivity contribution is 7.23. The van der Waals surface area contributed by atoms with Crippen molar-refractivity contribution in [3.8, 4) is 22.4 Å². The van der Waals surface area contributed by atoms with Crippen LogP contribution in [0, 0.1) is 0 Å². The molecule has 3 N–H and O–H groups in total. The van der Waals surface area contributed by atoms with Crippen molar-refractivity contribution in [1.29, 1.82) is 0 Å². The standard InChI is InChI=1S/C26H27N7O4S/c1-3-33(23(27)36)25-31-20-13-16(12-18(21(20)38-25)19-6-4-5-9-28-19)17-14-29-24(30-15-17)32-10-7-26(37-2,8-11-32)22(34)35/h4-6,9,12-15H,3,7-8,10-11H2,1-2H3,(H2,27,36)(H,34,35). The van der Waals surface area contributed by atoms with Gasteiger partial charge in [-0.1, -0.05) is 17.4 Å². The topological polar surface area (TPSA) is 148 Å². The number of nitrogens with two attached hydrogens (primary N) is 1. The first-order chi connectivity index (χ1) is 18.3. The summed E-state index contributed by atoms with van der Waals surface area (Å²) in [5.41, 5.74) is 8.43. The molecule has 1 saturated heterocycles. The van der Waals surface area contributed by atoms with Crippen LogP contribution < -0.4 is 15.5 Å². The lowest BCUT2D eigenvalue weighted by atomic mass is 9.91. The minimum atomic E-state index is -1.16. The van der Waals surface area contributed by atoms with Gasteiger partial charge in [0, 0.05) is 69.3 Å².